The lowest BCUT2D eigenvalue weighted by Crippen LogP contribution is -2.47. The number of para-hydroxylation sites is 2. The smallest absolute Gasteiger partial charge is 0.268 e. The van der Waals surface area contributed by atoms with Crippen LogP contribution < -0.4 is 9.64 Å². The Bertz CT molecular complexity index is 625. The zero-order valence-corrected chi connectivity index (χ0v) is 15.2. The lowest BCUT2D eigenvalue weighted by Gasteiger charge is -2.35. The summed E-state index contributed by atoms with van der Waals surface area (Å²) in [7, 11) is 1.91. The van der Waals surface area contributed by atoms with E-state index in [9.17, 15) is 9.59 Å². The SMILES string of the molecule is CCC1Oc2ccccc2N(CCC(=O)N(C)C2CCCCC2)C1=O. The Morgan fingerprint density at radius 3 is 2.68 bits per heavy atom. The Balaban J connectivity index is 1.66. The minimum absolute atomic E-state index is 0.0469. The number of rotatable bonds is 5. The van der Waals surface area contributed by atoms with Crippen LogP contribution in [0.4, 0.5) is 5.69 Å². The van der Waals surface area contributed by atoms with Crippen molar-refractivity contribution in [3.05, 3.63) is 24.3 Å². The van der Waals surface area contributed by atoms with Crippen LogP contribution in [0.5, 0.6) is 5.75 Å². The highest BCUT2D eigenvalue weighted by Crippen LogP contribution is 2.34. The van der Waals surface area contributed by atoms with Crippen LogP contribution in [0, 0.1) is 0 Å². The van der Waals surface area contributed by atoms with E-state index in [0.717, 1.165) is 24.3 Å². The van der Waals surface area contributed by atoms with Crippen LogP contribution in [0.1, 0.15) is 51.9 Å². The fourth-order valence-corrected chi connectivity index (χ4v) is 3.82. The van der Waals surface area contributed by atoms with E-state index in [-0.39, 0.29) is 11.8 Å². The molecule has 1 aliphatic heterocycles. The number of nitrogens with zero attached hydrogens (tertiary/aromatic N) is 2. The summed E-state index contributed by atoms with van der Waals surface area (Å²) in [5, 5.41) is 0. The number of carbonyl (C=O) groups excluding carboxylic acids is 2. The van der Waals surface area contributed by atoms with Gasteiger partial charge >= 0.3 is 0 Å². The molecule has 0 N–H and O–H groups in total. The van der Waals surface area contributed by atoms with E-state index in [1.807, 2.05) is 43.1 Å². The molecule has 5 nitrogen and oxygen atoms in total. The quantitative estimate of drug-likeness (QED) is 0.823. The van der Waals surface area contributed by atoms with Gasteiger partial charge in [0, 0.05) is 26.1 Å². The van der Waals surface area contributed by atoms with E-state index in [1.54, 1.807) is 4.90 Å². The molecule has 0 saturated heterocycles. The molecule has 136 valence electrons. The van der Waals surface area contributed by atoms with Gasteiger partial charge in [-0.15, -0.1) is 0 Å². The maximum atomic E-state index is 12.7. The minimum atomic E-state index is -0.457. The normalized spacial score (nSPS) is 20.8. The molecule has 2 aliphatic rings. The third-order valence-corrected chi connectivity index (χ3v) is 5.40. The molecule has 25 heavy (non-hydrogen) atoms. The summed E-state index contributed by atoms with van der Waals surface area (Å²) in [5.41, 5.74) is 0.769. The number of ether oxygens (including phenoxy) is 1. The fraction of sp³-hybridized carbons (Fsp3) is 0.600. The van der Waals surface area contributed by atoms with E-state index >= 15 is 0 Å². The van der Waals surface area contributed by atoms with E-state index in [1.165, 1.54) is 19.3 Å². The van der Waals surface area contributed by atoms with Gasteiger partial charge < -0.3 is 14.5 Å². The molecule has 1 heterocycles. The highest BCUT2D eigenvalue weighted by molar-refractivity contribution is 6.00. The van der Waals surface area contributed by atoms with Gasteiger partial charge in [-0.2, -0.15) is 0 Å². The molecule has 1 saturated carbocycles. The van der Waals surface area contributed by atoms with Crippen LogP contribution in [0.15, 0.2) is 24.3 Å². The van der Waals surface area contributed by atoms with Gasteiger partial charge in [0.05, 0.1) is 5.69 Å². The van der Waals surface area contributed by atoms with Crippen LogP contribution in [0.2, 0.25) is 0 Å². The second kappa shape index (κ2) is 7.89. The molecule has 0 spiro atoms. The molecule has 1 fully saturated rings. The first-order chi connectivity index (χ1) is 12.1. The van der Waals surface area contributed by atoms with E-state index in [2.05, 4.69) is 0 Å². The molecule has 5 heteroatoms. The number of benzene rings is 1. The van der Waals surface area contributed by atoms with Crippen LogP contribution in [0.3, 0.4) is 0 Å². The lowest BCUT2D eigenvalue weighted by atomic mass is 9.94. The van der Waals surface area contributed by atoms with Crippen LogP contribution in [-0.2, 0) is 9.59 Å². The van der Waals surface area contributed by atoms with Crippen molar-refractivity contribution in [3.63, 3.8) is 0 Å². The summed E-state index contributed by atoms with van der Waals surface area (Å²) < 4.78 is 5.79. The first kappa shape index (κ1) is 17.8. The predicted molar refractivity (Wildman–Crippen MR) is 97.8 cm³/mol. The number of carbonyl (C=O) groups is 2. The van der Waals surface area contributed by atoms with Gasteiger partial charge in [0.15, 0.2) is 6.10 Å². The zero-order valence-electron chi connectivity index (χ0n) is 15.2. The highest BCUT2D eigenvalue weighted by Gasteiger charge is 2.33. The second-order valence-corrected chi connectivity index (χ2v) is 7.02. The zero-order chi connectivity index (χ0) is 17.8. The molecule has 1 unspecified atom stereocenters. The van der Waals surface area contributed by atoms with Gasteiger partial charge in [0.1, 0.15) is 5.75 Å². The van der Waals surface area contributed by atoms with Crippen molar-refractivity contribution in [2.45, 2.75) is 64.0 Å². The van der Waals surface area contributed by atoms with Crippen molar-refractivity contribution in [1.82, 2.24) is 4.90 Å². The van der Waals surface area contributed by atoms with Crippen LogP contribution in [0.25, 0.3) is 0 Å². The number of amides is 2. The summed E-state index contributed by atoms with van der Waals surface area (Å²) in [6.45, 7) is 2.35. The van der Waals surface area contributed by atoms with Gasteiger partial charge in [-0.1, -0.05) is 38.3 Å². The Kier molecular flexibility index (Phi) is 5.61. The first-order valence-corrected chi connectivity index (χ1v) is 9.44. The Morgan fingerprint density at radius 2 is 1.96 bits per heavy atom. The topological polar surface area (TPSA) is 49.9 Å². The molecular formula is C20H28N2O3. The maximum absolute atomic E-state index is 12.7. The minimum Gasteiger partial charge on any atom is -0.478 e. The summed E-state index contributed by atoms with van der Waals surface area (Å²) in [5.74, 6) is 0.799. The molecule has 0 bridgehead atoms. The number of anilines is 1. The van der Waals surface area contributed by atoms with Crippen molar-refractivity contribution in [2.75, 3.05) is 18.5 Å². The molecule has 2 amide bonds. The molecule has 1 aliphatic carbocycles. The van der Waals surface area contributed by atoms with Gasteiger partial charge in [-0.25, -0.2) is 0 Å². The van der Waals surface area contributed by atoms with Gasteiger partial charge in [0.2, 0.25) is 5.91 Å². The molecule has 1 atom stereocenters. The van der Waals surface area contributed by atoms with Gasteiger partial charge in [-0.05, 0) is 31.4 Å². The van der Waals surface area contributed by atoms with Gasteiger partial charge in [-0.3, -0.25) is 9.59 Å². The van der Waals surface area contributed by atoms with E-state index < -0.39 is 6.10 Å². The van der Waals surface area contributed by atoms with Crippen molar-refractivity contribution < 1.29 is 14.3 Å². The largest absolute Gasteiger partial charge is 0.478 e. The predicted octanol–water partition coefficient (Wildman–Crippen LogP) is 3.37. The summed E-state index contributed by atoms with van der Waals surface area (Å²) in [6, 6.07) is 7.92. The highest BCUT2D eigenvalue weighted by atomic mass is 16.5. The number of hydrogen-bond donors (Lipinski definition) is 0. The summed E-state index contributed by atoms with van der Waals surface area (Å²) in [6.07, 6.45) is 6.39. The maximum Gasteiger partial charge on any atom is 0.268 e. The fourth-order valence-electron chi connectivity index (χ4n) is 3.82. The van der Waals surface area contributed by atoms with Crippen molar-refractivity contribution in [2.24, 2.45) is 0 Å². The Hall–Kier alpha value is -2.04. The Morgan fingerprint density at radius 1 is 1.24 bits per heavy atom. The number of fused-ring (bicyclic) bond motifs is 1. The second-order valence-electron chi connectivity index (χ2n) is 7.02. The molecule has 3 rings (SSSR count). The van der Waals surface area contributed by atoms with E-state index in [4.69, 9.17) is 4.74 Å². The average Bonchev–Trinajstić information content (AvgIpc) is 2.66. The Labute approximate surface area is 149 Å². The third-order valence-electron chi connectivity index (χ3n) is 5.40. The summed E-state index contributed by atoms with van der Waals surface area (Å²) >= 11 is 0. The number of hydrogen-bond acceptors (Lipinski definition) is 3. The van der Waals surface area contributed by atoms with Crippen molar-refractivity contribution in [1.29, 1.82) is 0 Å². The molecule has 1 aromatic rings. The van der Waals surface area contributed by atoms with Crippen LogP contribution in [-0.4, -0.2) is 42.5 Å². The molecule has 1 aromatic carbocycles. The summed E-state index contributed by atoms with van der Waals surface area (Å²) in [4.78, 5) is 28.9. The monoisotopic (exact) mass is 344 g/mol. The molecule has 0 aromatic heterocycles. The van der Waals surface area contributed by atoms with Crippen LogP contribution >= 0.6 is 0 Å². The van der Waals surface area contributed by atoms with E-state index in [0.29, 0.717) is 25.4 Å². The molecule has 0 radical (unpaired) electrons. The van der Waals surface area contributed by atoms with Gasteiger partial charge in [0.25, 0.3) is 5.91 Å². The first-order valence-electron chi connectivity index (χ1n) is 9.44. The standard InChI is InChI=1S/C20H28N2O3/c1-3-17-20(24)22(16-11-7-8-12-18(16)25-17)14-13-19(23)21(2)15-9-5-4-6-10-15/h7-8,11-12,15,17H,3-6,9-10,13-14H2,1-2H3. The molecular weight excluding hydrogens is 316 g/mol. The average molecular weight is 344 g/mol. The third kappa shape index (κ3) is 3.80. The van der Waals surface area contributed by atoms with Crippen molar-refractivity contribution in [3.8, 4) is 5.75 Å². The van der Waals surface area contributed by atoms with Crippen molar-refractivity contribution >= 4 is 17.5 Å². The lowest BCUT2D eigenvalue weighted by molar-refractivity contribution is -0.132.